The average molecular weight is 573 g/mol. The Kier molecular flexibility index (Phi) is 9.82. The Morgan fingerprint density at radius 2 is 1.45 bits per heavy atom. The predicted molar refractivity (Wildman–Crippen MR) is 152 cm³/mol. The number of piperazine rings is 1. The fourth-order valence-electron chi connectivity index (χ4n) is 4.00. The fourth-order valence-corrected chi connectivity index (χ4v) is 5.28. The molecule has 11 heteroatoms. The molecular formula is C27H27Cl2N5O3S. The largest absolute Gasteiger partial charge is 0.336 e. The third-order valence-electron chi connectivity index (χ3n) is 5.96. The Bertz CT molecular complexity index is 1460. The van der Waals surface area contributed by atoms with Crippen LogP contribution in [0.15, 0.2) is 101 Å². The van der Waals surface area contributed by atoms with Gasteiger partial charge in [0.25, 0.3) is 5.91 Å². The molecule has 1 aliphatic heterocycles. The minimum absolute atomic E-state index is 0. The van der Waals surface area contributed by atoms with Gasteiger partial charge in [-0.15, -0.1) is 24.8 Å². The number of hydrogen-bond donors (Lipinski definition) is 2. The minimum Gasteiger partial charge on any atom is -0.336 e. The van der Waals surface area contributed by atoms with Crippen molar-refractivity contribution in [3.05, 3.63) is 96.7 Å². The molecule has 0 spiro atoms. The van der Waals surface area contributed by atoms with Crippen molar-refractivity contribution < 1.29 is 13.2 Å². The molecular weight excluding hydrogens is 545 g/mol. The van der Waals surface area contributed by atoms with Crippen LogP contribution in [-0.4, -0.2) is 55.4 Å². The monoisotopic (exact) mass is 571 g/mol. The standard InChI is InChI=1S/C27H25N5O3S.2ClH/c33-26(32-18-16-28-17-19-32)21-6-10-22(11-7-21)30-27-29-15-14-25(31-27)20-8-12-24(13-9-20)36(34,35)23-4-2-1-3-5-23;;/h1-15,28H,16-19H2,(H,29,30,31);2*1H. The Balaban J connectivity index is 0.00000200. The van der Waals surface area contributed by atoms with E-state index in [2.05, 4.69) is 20.6 Å². The van der Waals surface area contributed by atoms with Crippen LogP contribution in [0.2, 0.25) is 0 Å². The molecule has 0 aliphatic carbocycles. The van der Waals surface area contributed by atoms with Crippen LogP contribution in [0, 0.1) is 0 Å². The number of benzene rings is 3. The van der Waals surface area contributed by atoms with Crippen molar-refractivity contribution in [2.75, 3.05) is 31.5 Å². The summed E-state index contributed by atoms with van der Waals surface area (Å²) in [7, 11) is -3.58. The van der Waals surface area contributed by atoms with Gasteiger partial charge in [-0.1, -0.05) is 30.3 Å². The van der Waals surface area contributed by atoms with Gasteiger partial charge in [-0.3, -0.25) is 4.79 Å². The molecule has 4 aromatic rings. The van der Waals surface area contributed by atoms with Crippen molar-refractivity contribution in [1.82, 2.24) is 20.2 Å². The van der Waals surface area contributed by atoms with Crippen molar-refractivity contribution in [3.8, 4) is 11.3 Å². The summed E-state index contributed by atoms with van der Waals surface area (Å²) in [6.07, 6.45) is 1.64. The topological polar surface area (TPSA) is 104 Å². The van der Waals surface area contributed by atoms with Crippen LogP contribution in [0.1, 0.15) is 10.4 Å². The number of sulfone groups is 1. The third-order valence-corrected chi connectivity index (χ3v) is 7.75. The van der Waals surface area contributed by atoms with Crippen LogP contribution in [-0.2, 0) is 9.84 Å². The molecule has 0 saturated carbocycles. The molecule has 198 valence electrons. The number of carbonyl (C=O) groups is 1. The summed E-state index contributed by atoms with van der Waals surface area (Å²) in [5.74, 6) is 0.425. The summed E-state index contributed by atoms with van der Waals surface area (Å²) in [6.45, 7) is 3.03. The highest BCUT2D eigenvalue weighted by molar-refractivity contribution is 7.91. The third kappa shape index (κ3) is 6.49. The normalized spacial score (nSPS) is 13.1. The van der Waals surface area contributed by atoms with Crippen LogP contribution in [0.4, 0.5) is 11.6 Å². The number of carbonyl (C=O) groups excluding carboxylic acids is 1. The van der Waals surface area contributed by atoms with Gasteiger partial charge in [-0.05, 0) is 54.6 Å². The highest BCUT2D eigenvalue weighted by Gasteiger charge is 2.18. The lowest BCUT2D eigenvalue weighted by Crippen LogP contribution is -2.46. The average Bonchev–Trinajstić information content (AvgIpc) is 2.94. The zero-order valence-corrected chi connectivity index (χ0v) is 22.7. The van der Waals surface area contributed by atoms with Gasteiger partial charge in [-0.25, -0.2) is 18.4 Å². The molecule has 2 heterocycles. The maximum atomic E-state index is 12.8. The zero-order valence-electron chi connectivity index (χ0n) is 20.3. The van der Waals surface area contributed by atoms with Gasteiger partial charge in [0.15, 0.2) is 0 Å². The predicted octanol–water partition coefficient (Wildman–Crippen LogP) is 4.61. The van der Waals surface area contributed by atoms with Gasteiger partial charge < -0.3 is 15.5 Å². The van der Waals surface area contributed by atoms with E-state index in [1.807, 2.05) is 17.0 Å². The van der Waals surface area contributed by atoms with Crippen LogP contribution in [0.5, 0.6) is 0 Å². The molecule has 0 unspecified atom stereocenters. The summed E-state index contributed by atoms with van der Waals surface area (Å²) >= 11 is 0. The van der Waals surface area contributed by atoms with Crippen molar-refractivity contribution in [1.29, 1.82) is 0 Å². The second kappa shape index (κ2) is 12.8. The highest BCUT2D eigenvalue weighted by atomic mass is 35.5. The first-order chi connectivity index (χ1) is 17.5. The maximum absolute atomic E-state index is 12.8. The molecule has 1 fully saturated rings. The van der Waals surface area contributed by atoms with E-state index in [1.165, 1.54) is 0 Å². The van der Waals surface area contributed by atoms with Crippen molar-refractivity contribution in [2.45, 2.75) is 9.79 Å². The SMILES string of the molecule is Cl.Cl.O=C(c1ccc(Nc2nccc(-c3ccc(S(=O)(=O)c4ccccc4)cc3)n2)cc1)N1CCNCC1. The van der Waals surface area contributed by atoms with Crippen molar-refractivity contribution >= 4 is 52.2 Å². The molecule has 3 aromatic carbocycles. The van der Waals surface area contributed by atoms with Gasteiger partial charge in [0, 0.05) is 49.2 Å². The van der Waals surface area contributed by atoms with Crippen LogP contribution in [0.3, 0.4) is 0 Å². The Labute approximate surface area is 234 Å². The van der Waals surface area contributed by atoms with Gasteiger partial charge in [0.05, 0.1) is 15.5 Å². The van der Waals surface area contributed by atoms with Crippen molar-refractivity contribution in [3.63, 3.8) is 0 Å². The first-order valence-electron chi connectivity index (χ1n) is 11.6. The number of hydrogen-bond acceptors (Lipinski definition) is 7. The molecule has 8 nitrogen and oxygen atoms in total. The summed E-state index contributed by atoms with van der Waals surface area (Å²) in [6, 6.07) is 24.0. The van der Waals surface area contributed by atoms with E-state index in [0.717, 1.165) is 24.3 Å². The molecule has 1 aliphatic rings. The summed E-state index contributed by atoms with van der Waals surface area (Å²) in [4.78, 5) is 23.8. The first kappa shape index (κ1) is 29.1. The number of rotatable bonds is 6. The second-order valence-electron chi connectivity index (χ2n) is 8.35. The lowest BCUT2D eigenvalue weighted by Gasteiger charge is -2.27. The molecule has 0 bridgehead atoms. The maximum Gasteiger partial charge on any atom is 0.253 e. The molecule has 2 N–H and O–H groups in total. The van der Waals surface area contributed by atoms with Gasteiger partial charge in [-0.2, -0.15) is 0 Å². The molecule has 1 amide bonds. The van der Waals surface area contributed by atoms with Gasteiger partial charge in [0.2, 0.25) is 15.8 Å². The van der Waals surface area contributed by atoms with E-state index in [9.17, 15) is 13.2 Å². The Morgan fingerprint density at radius 3 is 2.11 bits per heavy atom. The number of nitrogens with zero attached hydrogens (tertiary/aromatic N) is 3. The number of halogens is 2. The summed E-state index contributed by atoms with van der Waals surface area (Å²) < 4.78 is 25.7. The Hall–Kier alpha value is -3.50. The molecule has 0 radical (unpaired) electrons. The van der Waals surface area contributed by atoms with E-state index in [-0.39, 0.29) is 40.5 Å². The minimum atomic E-state index is -3.58. The molecule has 38 heavy (non-hydrogen) atoms. The van der Waals surface area contributed by atoms with Crippen LogP contribution in [0.25, 0.3) is 11.3 Å². The van der Waals surface area contributed by atoms with E-state index in [1.54, 1.807) is 79.0 Å². The van der Waals surface area contributed by atoms with E-state index in [0.29, 0.717) is 30.3 Å². The lowest BCUT2D eigenvalue weighted by molar-refractivity contribution is 0.0736. The number of amides is 1. The molecule has 1 aromatic heterocycles. The second-order valence-corrected chi connectivity index (χ2v) is 10.3. The quantitative estimate of drug-likeness (QED) is 0.348. The van der Waals surface area contributed by atoms with E-state index >= 15 is 0 Å². The number of aromatic nitrogens is 2. The van der Waals surface area contributed by atoms with E-state index in [4.69, 9.17) is 0 Å². The summed E-state index contributed by atoms with van der Waals surface area (Å²) in [5.41, 5.74) is 2.82. The molecule has 5 rings (SSSR count). The van der Waals surface area contributed by atoms with Crippen LogP contribution >= 0.6 is 24.8 Å². The zero-order chi connectivity index (χ0) is 25.0. The molecule has 1 saturated heterocycles. The van der Waals surface area contributed by atoms with Crippen LogP contribution < -0.4 is 10.6 Å². The first-order valence-corrected chi connectivity index (χ1v) is 13.1. The number of anilines is 2. The lowest BCUT2D eigenvalue weighted by atomic mass is 10.1. The summed E-state index contributed by atoms with van der Waals surface area (Å²) in [5, 5.41) is 6.41. The van der Waals surface area contributed by atoms with Gasteiger partial charge >= 0.3 is 0 Å². The van der Waals surface area contributed by atoms with E-state index < -0.39 is 9.84 Å². The smallest absolute Gasteiger partial charge is 0.253 e. The highest BCUT2D eigenvalue weighted by Crippen LogP contribution is 2.25. The van der Waals surface area contributed by atoms with Crippen molar-refractivity contribution in [2.24, 2.45) is 0 Å². The molecule has 0 atom stereocenters. The van der Waals surface area contributed by atoms with Gasteiger partial charge in [0.1, 0.15) is 0 Å². The fraction of sp³-hybridized carbons (Fsp3) is 0.148. The number of nitrogens with one attached hydrogen (secondary N) is 2. The Morgan fingerprint density at radius 1 is 0.816 bits per heavy atom.